The van der Waals surface area contributed by atoms with Gasteiger partial charge < -0.3 is 5.11 Å². The molecule has 0 heterocycles. The number of carboxylic acid groups (broad SMARTS) is 1. The predicted octanol–water partition coefficient (Wildman–Crippen LogP) is 1.65. The SMILES string of the molecule is O=C(O)CCCC1CC1. The summed E-state index contributed by atoms with van der Waals surface area (Å²) in [6.07, 6.45) is 5.03. The van der Waals surface area contributed by atoms with Gasteiger partial charge in [0.05, 0.1) is 0 Å². The van der Waals surface area contributed by atoms with Gasteiger partial charge in [0.25, 0.3) is 0 Å². The summed E-state index contributed by atoms with van der Waals surface area (Å²) < 4.78 is 0. The van der Waals surface area contributed by atoms with E-state index in [0.717, 1.165) is 18.8 Å². The Morgan fingerprint density at radius 1 is 1.56 bits per heavy atom. The highest BCUT2D eigenvalue weighted by Gasteiger charge is 2.20. The smallest absolute Gasteiger partial charge is 0.303 e. The minimum Gasteiger partial charge on any atom is -0.481 e. The van der Waals surface area contributed by atoms with Crippen molar-refractivity contribution >= 4 is 5.97 Å². The number of carbonyl (C=O) groups is 1. The molecule has 1 aliphatic rings. The first kappa shape index (κ1) is 6.59. The zero-order valence-corrected chi connectivity index (χ0v) is 5.47. The van der Waals surface area contributed by atoms with Gasteiger partial charge in [-0.1, -0.05) is 12.8 Å². The number of rotatable bonds is 4. The summed E-state index contributed by atoms with van der Waals surface area (Å²) in [6.45, 7) is 0. The van der Waals surface area contributed by atoms with Crippen LogP contribution in [0.3, 0.4) is 0 Å². The molecule has 9 heavy (non-hydrogen) atoms. The maximum atomic E-state index is 10.0. The summed E-state index contributed by atoms with van der Waals surface area (Å²) in [6, 6.07) is 0. The van der Waals surface area contributed by atoms with E-state index in [1.54, 1.807) is 0 Å². The summed E-state index contributed by atoms with van der Waals surface area (Å²) in [5, 5.41) is 8.25. The van der Waals surface area contributed by atoms with Crippen LogP contribution in [0.1, 0.15) is 32.1 Å². The van der Waals surface area contributed by atoms with E-state index in [0.29, 0.717) is 6.42 Å². The van der Waals surface area contributed by atoms with E-state index in [9.17, 15) is 4.79 Å². The molecule has 0 atom stereocenters. The highest BCUT2D eigenvalue weighted by atomic mass is 16.4. The van der Waals surface area contributed by atoms with E-state index in [1.165, 1.54) is 12.8 Å². The summed E-state index contributed by atoms with van der Waals surface area (Å²) in [7, 11) is 0. The molecule has 1 rings (SSSR count). The van der Waals surface area contributed by atoms with Gasteiger partial charge in [-0.3, -0.25) is 4.79 Å². The number of hydrogen-bond donors (Lipinski definition) is 1. The van der Waals surface area contributed by atoms with E-state index in [2.05, 4.69) is 0 Å². The van der Waals surface area contributed by atoms with E-state index < -0.39 is 5.97 Å². The maximum Gasteiger partial charge on any atom is 0.303 e. The number of carboxylic acids is 1. The van der Waals surface area contributed by atoms with Crippen molar-refractivity contribution in [2.24, 2.45) is 5.92 Å². The second-order valence-electron chi connectivity index (χ2n) is 2.73. The standard InChI is InChI=1S/C7H12O2/c8-7(9)3-1-2-6-4-5-6/h6H,1-5H2,(H,8,9). The molecule has 0 aromatic heterocycles. The van der Waals surface area contributed by atoms with Crippen molar-refractivity contribution in [2.45, 2.75) is 32.1 Å². The molecule has 0 radical (unpaired) electrons. The lowest BCUT2D eigenvalue weighted by atomic mass is 10.2. The Hall–Kier alpha value is -0.530. The van der Waals surface area contributed by atoms with Crippen LogP contribution in [0.15, 0.2) is 0 Å². The van der Waals surface area contributed by atoms with Crippen molar-refractivity contribution in [1.29, 1.82) is 0 Å². The third kappa shape index (κ3) is 3.12. The Balaban J connectivity index is 1.86. The van der Waals surface area contributed by atoms with E-state index in [-0.39, 0.29) is 0 Å². The van der Waals surface area contributed by atoms with Crippen LogP contribution in [0.25, 0.3) is 0 Å². The lowest BCUT2D eigenvalue weighted by molar-refractivity contribution is -0.137. The Bertz CT molecular complexity index is 105. The molecule has 52 valence electrons. The lowest BCUT2D eigenvalue weighted by Gasteiger charge is -1.91. The van der Waals surface area contributed by atoms with Crippen LogP contribution in [0.5, 0.6) is 0 Å². The van der Waals surface area contributed by atoms with Gasteiger partial charge in [0.2, 0.25) is 0 Å². The van der Waals surface area contributed by atoms with Crippen LogP contribution in [0.4, 0.5) is 0 Å². The summed E-state index contributed by atoms with van der Waals surface area (Å²) in [4.78, 5) is 10.0. The fraction of sp³-hybridized carbons (Fsp3) is 0.857. The molecule has 1 N–H and O–H groups in total. The molecule has 2 heteroatoms. The highest BCUT2D eigenvalue weighted by Crippen LogP contribution is 2.33. The second-order valence-corrected chi connectivity index (χ2v) is 2.73. The molecule has 0 spiro atoms. The molecule has 0 aromatic carbocycles. The lowest BCUT2D eigenvalue weighted by Crippen LogP contribution is -1.93. The Labute approximate surface area is 54.9 Å². The van der Waals surface area contributed by atoms with Gasteiger partial charge >= 0.3 is 5.97 Å². The first-order chi connectivity index (χ1) is 4.29. The van der Waals surface area contributed by atoms with Crippen molar-refractivity contribution in [3.05, 3.63) is 0 Å². The van der Waals surface area contributed by atoms with Crippen LogP contribution in [0, 0.1) is 5.92 Å². The minimum atomic E-state index is -0.657. The van der Waals surface area contributed by atoms with Crippen molar-refractivity contribution < 1.29 is 9.90 Å². The average molecular weight is 128 g/mol. The zero-order chi connectivity index (χ0) is 6.69. The van der Waals surface area contributed by atoms with Crippen molar-refractivity contribution in [2.75, 3.05) is 0 Å². The van der Waals surface area contributed by atoms with Gasteiger partial charge in [-0.25, -0.2) is 0 Å². The molecular formula is C7H12O2. The number of hydrogen-bond acceptors (Lipinski definition) is 1. The molecule has 0 amide bonds. The van der Waals surface area contributed by atoms with Crippen LogP contribution >= 0.6 is 0 Å². The summed E-state index contributed by atoms with van der Waals surface area (Å²) in [5.41, 5.74) is 0. The zero-order valence-electron chi connectivity index (χ0n) is 5.47. The van der Waals surface area contributed by atoms with Crippen LogP contribution in [-0.4, -0.2) is 11.1 Å². The highest BCUT2D eigenvalue weighted by molar-refractivity contribution is 5.66. The van der Waals surface area contributed by atoms with E-state index in [1.807, 2.05) is 0 Å². The first-order valence-corrected chi connectivity index (χ1v) is 3.51. The Kier molecular flexibility index (Phi) is 2.09. The molecule has 1 saturated carbocycles. The number of aliphatic carboxylic acids is 1. The first-order valence-electron chi connectivity index (χ1n) is 3.51. The fourth-order valence-corrected chi connectivity index (χ4v) is 0.948. The molecule has 0 saturated heterocycles. The molecule has 1 aliphatic carbocycles. The minimum absolute atomic E-state index is 0.358. The van der Waals surface area contributed by atoms with Crippen molar-refractivity contribution in [3.8, 4) is 0 Å². The largest absolute Gasteiger partial charge is 0.481 e. The van der Waals surface area contributed by atoms with Crippen LogP contribution < -0.4 is 0 Å². The van der Waals surface area contributed by atoms with Crippen LogP contribution in [-0.2, 0) is 4.79 Å². The third-order valence-electron chi connectivity index (χ3n) is 1.70. The van der Waals surface area contributed by atoms with Gasteiger partial charge in [0.1, 0.15) is 0 Å². The molecule has 0 bridgehead atoms. The van der Waals surface area contributed by atoms with E-state index in [4.69, 9.17) is 5.11 Å². The topological polar surface area (TPSA) is 37.3 Å². The monoisotopic (exact) mass is 128 g/mol. The van der Waals surface area contributed by atoms with Crippen molar-refractivity contribution in [1.82, 2.24) is 0 Å². The van der Waals surface area contributed by atoms with Gasteiger partial charge in [-0.2, -0.15) is 0 Å². The predicted molar refractivity (Wildman–Crippen MR) is 34.2 cm³/mol. The molecule has 0 aliphatic heterocycles. The van der Waals surface area contributed by atoms with Gasteiger partial charge in [-0.15, -0.1) is 0 Å². The van der Waals surface area contributed by atoms with Gasteiger partial charge in [0.15, 0.2) is 0 Å². The summed E-state index contributed by atoms with van der Waals surface area (Å²) in [5.74, 6) is 0.222. The third-order valence-corrected chi connectivity index (χ3v) is 1.70. The molecule has 0 aromatic rings. The molecular weight excluding hydrogens is 116 g/mol. The maximum absolute atomic E-state index is 10.0. The van der Waals surface area contributed by atoms with Crippen LogP contribution in [0.2, 0.25) is 0 Å². The quantitative estimate of drug-likeness (QED) is 0.625. The Morgan fingerprint density at radius 3 is 2.67 bits per heavy atom. The van der Waals surface area contributed by atoms with Gasteiger partial charge in [0, 0.05) is 6.42 Å². The van der Waals surface area contributed by atoms with Gasteiger partial charge in [-0.05, 0) is 18.8 Å². The molecule has 1 fully saturated rings. The molecule has 0 unspecified atom stereocenters. The molecule has 2 nitrogen and oxygen atoms in total. The van der Waals surface area contributed by atoms with E-state index >= 15 is 0 Å². The fourth-order valence-electron chi connectivity index (χ4n) is 0.948. The Morgan fingerprint density at radius 2 is 2.22 bits per heavy atom. The van der Waals surface area contributed by atoms with Crippen molar-refractivity contribution in [3.63, 3.8) is 0 Å². The average Bonchev–Trinajstić information content (AvgIpc) is 2.48. The normalized spacial score (nSPS) is 17.8. The second kappa shape index (κ2) is 2.85. The summed E-state index contributed by atoms with van der Waals surface area (Å²) >= 11 is 0.